The van der Waals surface area contributed by atoms with Crippen molar-refractivity contribution in [3.05, 3.63) is 0 Å². The van der Waals surface area contributed by atoms with Gasteiger partial charge in [-0.1, -0.05) is 0 Å². The number of nitrogens with two attached hydrogens (primary N) is 1. The summed E-state index contributed by atoms with van der Waals surface area (Å²) in [5.74, 6) is 1.27. The molecule has 1 rings (SSSR count). The van der Waals surface area contributed by atoms with E-state index in [1.165, 1.54) is 18.6 Å². The van der Waals surface area contributed by atoms with E-state index in [1.54, 1.807) is 0 Å². The van der Waals surface area contributed by atoms with Crippen LogP contribution in [-0.2, 0) is 0 Å². The van der Waals surface area contributed by atoms with Crippen LogP contribution >= 0.6 is 11.8 Å². The molecule has 1 aliphatic carbocycles. The Bertz CT molecular complexity index is 78.6. The van der Waals surface area contributed by atoms with Crippen molar-refractivity contribution in [2.75, 3.05) is 18.6 Å². The van der Waals surface area contributed by atoms with Gasteiger partial charge in [-0.25, -0.2) is 0 Å². The molecule has 0 heterocycles. The quantitative estimate of drug-likeness (QED) is 0.620. The van der Waals surface area contributed by atoms with Gasteiger partial charge in [0, 0.05) is 0 Å². The van der Waals surface area contributed by atoms with E-state index in [-0.39, 0.29) is 0 Å². The molecule has 0 aromatic carbocycles. The van der Waals surface area contributed by atoms with Gasteiger partial charge in [-0.2, -0.15) is 11.8 Å². The summed E-state index contributed by atoms with van der Waals surface area (Å²) in [4.78, 5) is 0. The first-order valence-corrected chi connectivity index (χ1v) is 4.41. The molecule has 0 aliphatic heterocycles. The number of hydrogen-bond acceptors (Lipinski definition) is 2. The monoisotopic (exact) mass is 131 g/mol. The van der Waals surface area contributed by atoms with Gasteiger partial charge in [-0.3, -0.25) is 0 Å². The van der Waals surface area contributed by atoms with E-state index in [9.17, 15) is 0 Å². The van der Waals surface area contributed by atoms with E-state index in [0.29, 0.717) is 5.41 Å². The minimum atomic E-state index is 0.583. The molecule has 2 N–H and O–H groups in total. The summed E-state index contributed by atoms with van der Waals surface area (Å²) in [6.45, 7) is 0.897. The highest BCUT2D eigenvalue weighted by Gasteiger charge is 2.40. The number of thioether (sulfide) groups is 1. The van der Waals surface area contributed by atoms with Crippen molar-refractivity contribution in [2.45, 2.75) is 12.8 Å². The lowest BCUT2D eigenvalue weighted by molar-refractivity contribution is 0.601. The molecule has 0 bridgehead atoms. The molecule has 0 spiro atoms. The van der Waals surface area contributed by atoms with Gasteiger partial charge in [0.25, 0.3) is 0 Å². The molecule has 0 aromatic heterocycles. The fourth-order valence-electron chi connectivity index (χ4n) is 0.890. The van der Waals surface area contributed by atoms with Crippen molar-refractivity contribution in [3.63, 3.8) is 0 Å². The first kappa shape index (κ1) is 6.43. The third-order valence-electron chi connectivity index (χ3n) is 1.84. The molecule has 1 nitrogen and oxygen atoms in total. The van der Waals surface area contributed by atoms with Crippen LogP contribution in [0.2, 0.25) is 0 Å². The minimum absolute atomic E-state index is 0.583. The van der Waals surface area contributed by atoms with E-state index < -0.39 is 0 Å². The Labute approximate surface area is 55.0 Å². The molecule has 0 aromatic rings. The second-order valence-corrected chi connectivity index (χ2v) is 3.50. The molecule has 0 saturated heterocycles. The molecule has 1 fully saturated rings. The van der Waals surface area contributed by atoms with E-state index >= 15 is 0 Å². The third-order valence-corrected chi connectivity index (χ3v) is 2.74. The van der Waals surface area contributed by atoms with Crippen LogP contribution in [0, 0.1) is 5.41 Å². The van der Waals surface area contributed by atoms with Crippen molar-refractivity contribution in [1.29, 1.82) is 0 Å². The average molecular weight is 131 g/mol. The van der Waals surface area contributed by atoms with E-state index in [0.717, 1.165) is 6.54 Å². The second kappa shape index (κ2) is 2.28. The predicted molar refractivity (Wildman–Crippen MR) is 39.1 cm³/mol. The zero-order valence-corrected chi connectivity index (χ0v) is 6.13. The molecule has 0 amide bonds. The highest BCUT2D eigenvalue weighted by molar-refractivity contribution is 7.98. The highest BCUT2D eigenvalue weighted by atomic mass is 32.2. The van der Waals surface area contributed by atoms with Crippen molar-refractivity contribution in [2.24, 2.45) is 11.1 Å². The van der Waals surface area contributed by atoms with Gasteiger partial charge < -0.3 is 5.73 Å². The lowest BCUT2D eigenvalue weighted by atomic mass is 10.1. The molecule has 1 aliphatic rings. The first-order valence-electron chi connectivity index (χ1n) is 3.02. The Kier molecular flexibility index (Phi) is 1.83. The Hall–Kier alpha value is 0.310. The normalized spacial score (nSPS) is 23.2. The van der Waals surface area contributed by atoms with Crippen LogP contribution in [0.25, 0.3) is 0 Å². The molecule has 0 radical (unpaired) electrons. The van der Waals surface area contributed by atoms with E-state index in [4.69, 9.17) is 5.73 Å². The maximum Gasteiger partial charge on any atom is -0.000150 e. The molecule has 0 unspecified atom stereocenters. The van der Waals surface area contributed by atoms with Crippen LogP contribution in [0.5, 0.6) is 0 Å². The Morgan fingerprint density at radius 1 is 1.62 bits per heavy atom. The smallest absolute Gasteiger partial charge is 0.000150 e. The number of rotatable bonds is 3. The van der Waals surface area contributed by atoms with Crippen molar-refractivity contribution >= 4 is 11.8 Å². The molecule has 1 saturated carbocycles. The summed E-state index contributed by atoms with van der Waals surface area (Å²) in [5, 5.41) is 0. The molecule has 2 heteroatoms. The van der Waals surface area contributed by atoms with Gasteiger partial charge in [-0.05, 0) is 36.8 Å². The first-order chi connectivity index (χ1) is 3.83. The average Bonchev–Trinajstić information content (AvgIpc) is 2.50. The maximum atomic E-state index is 5.54. The summed E-state index contributed by atoms with van der Waals surface area (Å²) in [6, 6.07) is 0. The van der Waals surface area contributed by atoms with Crippen LogP contribution in [0.1, 0.15) is 12.8 Å². The summed E-state index contributed by atoms with van der Waals surface area (Å²) in [5.41, 5.74) is 6.12. The summed E-state index contributed by atoms with van der Waals surface area (Å²) >= 11 is 1.92. The standard InChI is InChI=1S/C6H13NS/c1-8-5-6(4-7)2-3-6/h2-5,7H2,1H3. The van der Waals surface area contributed by atoms with Crippen LogP contribution in [0.15, 0.2) is 0 Å². The molecular formula is C6H13NS. The van der Waals surface area contributed by atoms with Crippen LogP contribution in [0.3, 0.4) is 0 Å². The second-order valence-electron chi connectivity index (χ2n) is 2.64. The van der Waals surface area contributed by atoms with Gasteiger partial charge in [0.15, 0.2) is 0 Å². The zero-order chi connectivity index (χ0) is 6.04. The van der Waals surface area contributed by atoms with Gasteiger partial charge in [0.1, 0.15) is 0 Å². The molecule has 8 heavy (non-hydrogen) atoms. The predicted octanol–water partition coefficient (Wildman–Crippen LogP) is 1.09. The lowest BCUT2D eigenvalue weighted by Gasteiger charge is -2.07. The molecule has 48 valence electrons. The third kappa shape index (κ3) is 1.17. The summed E-state index contributed by atoms with van der Waals surface area (Å²) in [7, 11) is 0. The number of hydrogen-bond donors (Lipinski definition) is 1. The summed E-state index contributed by atoms with van der Waals surface area (Å²) < 4.78 is 0. The SMILES string of the molecule is CSCC1(CN)CC1. The van der Waals surface area contributed by atoms with Crippen LogP contribution < -0.4 is 5.73 Å². The Balaban J connectivity index is 2.20. The topological polar surface area (TPSA) is 26.0 Å². The van der Waals surface area contributed by atoms with E-state index in [2.05, 4.69) is 6.26 Å². The zero-order valence-electron chi connectivity index (χ0n) is 5.31. The van der Waals surface area contributed by atoms with Crippen molar-refractivity contribution < 1.29 is 0 Å². The Morgan fingerprint density at radius 3 is 2.38 bits per heavy atom. The fraction of sp³-hybridized carbons (Fsp3) is 1.00. The molecular weight excluding hydrogens is 118 g/mol. The fourth-order valence-corrected chi connectivity index (χ4v) is 1.91. The van der Waals surface area contributed by atoms with Crippen molar-refractivity contribution in [1.82, 2.24) is 0 Å². The van der Waals surface area contributed by atoms with Gasteiger partial charge >= 0.3 is 0 Å². The lowest BCUT2D eigenvalue weighted by Crippen LogP contribution is -2.17. The van der Waals surface area contributed by atoms with Gasteiger partial charge in [-0.15, -0.1) is 0 Å². The van der Waals surface area contributed by atoms with Crippen LogP contribution in [-0.4, -0.2) is 18.6 Å². The minimum Gasteiger partial charge on any atom is -0.330 e. The van der Waals surface area contributed by atoms with Gasteiger partial charge in [0.05, 0.1) is 0 Å². The highest BCUT2D eigenvalue weighted by Crippen LogP contribution is 2.46. The Morgan fingerprint density at radius 2 is 2.25 bits per heavy atom. The van der Waals surface area contributed by atoms with Crippen molar-refractivity contribution in [3.8, 4) is 0 Å². The maximum absolute atomic E-state index is 5.54. The van der Waals surface area contributed by atoms with Gasteiger partial charge in [0.2, 0.25) is 0 Å². The summed E-state index contributed by atoms with van der Waals surface area (Å²) in [6.07, 6.45) is 4.88. The van der Waals surface area contributed by atoms with Crippen LogP contribution in [0.4, 0.5) is 0 Å². The molecule has 0 atom stereocenters. The van der Waals surface area contributed by atoms with E-state index in [1.807, 2.05) is 11.8 Å². The largest absolute Gasteiger partial charge is 0.330 e.